The fraction of sp³-hybridized carbons (Fsp3) is 0.211. The van der Waals surface area contributed by atoms with Crippen molar-refractivity contribution in [2.45, 2.75) is 19.3 Å². The van der Waals surface area contributed by atoms with Gasteiger partial charge in [-0.05, 0) is 49.2 Å². The van der Waals surface area contributed by atoms with Crippen LogP contribution in [0.5, 0.6) is 11.5 Å². The predicted octanol–water partition coefficient (Wildman–Crippen LogP) is 3.17. The van der Waals surface area contributed by atoms with Crippen LogP contribution in [0.15, 0.2) is 47.5 Å². The quantitative estimate of drug-likeness (QED) is 0.352. The fourth-order valence-corrected chi connectivity index (χ4v) is 2.70. The molecule has 0 saturated heterocycles. The molecule has 0 atom stereocenters. The average Bonchev–Trinajstić information content (AvgIpc) is 2.52. The summed E-state index contributed by atoms with van der Waals surface area (Å²) in [7, 11) is 0. The zero-order chi connectivity index (χ0) is 19.4. The van der Waals surface area contributed by atoms with Gasteiger partial charge >= 0.3 is 11.9 Å². The lowest BCUT2D eigenvalue weighted by Crippen LogP contribution is -2.26. The molecule has 0 amide bonds. The summed E-state index contributed by atoms with van der Waals surface area (Å²) in [5.74, 6) is -0.615. The van der Waals surface area contributed by atoms with Crippen molar-refractivity contribution >= 4 is 35.2 Å². The molecule has 140 valence electrons. The van der Waals surface area contributed by atoms with Crippen LogP contribution in [0.4, 0.5) is 5.69 Å². The molecule has 2 aromatic rings. The molecule has 0 spiro atoms. The van der Waals surface area contributed by atoms with Gasteiger partial charge < -0.3 is 20.9 Å². The van der Waals surface area contributed by atoms with Gasteiger partial charge in [-0.25, -0.2) is 9.79 Å². The van der Waals surface area contributed by atoms with E-state index < -0.39 is 5.97 Å². The molecule has 1 fully saturated rings. The normalized spacial score (nSPS) is 13.4. The molecule has 27 heavy (non-hydrogen) atoms. The van der Waals surface area contributed by atoms with Crippen molar-refractivity contribution < 1.29 is 19.1 Å². The van der Waals surface area contributed by atoms with E-state index in [9.17, 15) is 9.59 Å². The Bertz CT molecular complexity index is 888. The largest absolute Gasteiger partial charge is 0.426 e. The third-order valence-corrected chi connectivity index (χ3v) is 4.29. The minimum Gasteiger partial charge on any atom is -0.426 e. The van der Waals surface area contributed by atoms with Gasteiger partial charge in [0.1, 0.15) is 11.5 Å². The Kier molecular flexibility index (Phi) is 5.61. The van der Waals surface area contributed by atoms with E-state index >= 15 is 0 Å². The third kappa shape index (κ3) is 4.98. The summed E-state index contributed by atoms with van der Waals surface area (Å²) in [5, 5.41) is 0.291. The Morgan fingerprint density at radius 1 is 1.00 bits per heavy atom. The van der Waals surface area contributed by atoms with E-state index in [1.165, 1.54) is 30.3 Å². The molecule has 0 bridgehead atoms. The number of nitrogens with zero attached hydrogens (tertiary/aromatic N) is 1. The van der Waals surface area contributed by atoms with Gasteiger partial charge in [0.25, 0.3) is 0 Å². The molecule has 1 aliphatic rings. The van der Waals surface area contributed by atoms with Crippen molar-refractivity contribution in [1.82, 2.24) is 0 Å². The molecule has 8 heteroatoms. The van der Waals surface area contributed by atoms with E-state index in [2.05, 4.69) is 4.99 Å². The first kappa shape index (κ1) is 18.7. The Morgan fingerprint density at radius 3 is 2.19 bits per heavy atom. The number of benzene rings is 2. The first-order valence-electron chi connectivity index (χ1n) is 8.35. The minimum absolute atomic E-state index is 0.0706. The topological polar surface area (TPSA) is 117 Å². The van der Waals surface area contributed by atoms with Crippen LogP contribution >= 0.6 is 11.6 Å². The van der Waals surface area contributed by atoms with E-state index in [1.54, 1.807) is 12.1 Å². The fourth-order valence-electron chi connectivity index (χ4n) is 2.49. The number of carbonyl (C=O) groups excluding carboxylic acids is 2. The van der Waals surface area contributed by atoms with E-state index in [1.807, 2.05) is 0 Å². The van der Waals surface area contributed by atoms with Crippen LogP contribution in [0.1, 0.15) is 29.6 Å². The SMILES string of the molecule is NC(N)=Nc1ccc(C(=O)Oc2cc(Cl)cc(OC(=O)C3CCC3)c2)cc1. The van der Waals surface area contributed by atoms with Crippen molar-refractivity contribution in [1.29, 1.82) is 0 Å². The van der Waals surface area contributed by atoms with Gasteiger partial charge in [0.2, 0.25) is 0 Å². The second kappa shape index (κ2) is 8.09. The molecule has 1 aliphatic carbocycles. The maximum atomic E-state index is 12.3. The molecule has 0 aromatic heterocycles. The van der Waals surface area contributed by atoms with Gasteiger partial charge in [-0.3, -0.25) is 4.79 Å². The summed E-state index contributed by atoms with van der Waals surface area (Å²) in [4.78, 5) is 28.1. The van der Waals surface area contributed by atoms with Crippen LogP contribution in [0.3, 0.4) is 0 Å². The molecular weight excluding hydrogens is 370 g/mol. The lowest BCUT2D eigenvalue weighted by atomic mass is 9.86. The van der Waals surface area contributed by atoms with E-state index in [-0.39, 0.29) is 29.3 Å². The number of nitrogens with two attached hydrogens (primary N) is 2. The highest BCUT2D eigenvalue weighted by atomic mass is 35.5. The number of halogens is 1. The summed E-state index contributed by atoms with van der Waals surface area (Å²) in [6.45, 7) is 0. The summed E-state index contributed by atoms with van der Waals surface area (Å²) < 4.78 is 10.7. The van der Waals surface area contributed by atoms with Crippen molar-refractivity contribution in [2.75, 3.05) is 0 Å². The van der Waals surface area contributed by atoms with Crippen molar-refractivity contribution in [3.8, 4) is 11.5 Å². The van der Waals surface area contributed by atoms with Gasteiger partial charge in [-0.1, -0.05) is 18.0 Å². The van der Waals surface area contributed by atoms with Gasteiger partial charge in [-0.15, -0.1) is 0 Å². The number of guanidine groups is 1. The Morgan fingerprint density at radius 2 is 1.63 bits per heavy atom. The zero-order valence-corrected chi connectivity index (χ0v) is 15.1. The number of hydrogen-bond acceptors (Lipinski definition) is 5. The molecule has 4 N–H and O–H groups in total. The highest BCUT2D eigenvalue weighted by Gasteiger charge is 2.27. The monoisotopic (exact) mass is 387 g/mol. The average molecular weight is 388 g/mol. The molecular formula is C19H18ClN3O4. The maximum absolute atomic E-state index is 12.3. The number of rotatable bonds is 5. The van der Waals surface area contributed by atoms with Crippen LogP contribution in [-0.4, -0.2) is 17.9 Å². The lowest BCUT2D eigenvalue weighted by Gasteiger charge is -2.23. The second-order valence-corrected chi connectivity index (χ2v) is 6.58. The Labute approximate surface area is 160 Å². The zero-order valence-electron chi connectivity index (χ0n) is 14.4. The Balaban J connectivity index is 1.69. The highest BCUT2D eigenvalue weighted by molar-refractivity contribution is 6.30. The molecule has 2 aromatic carbocycles. The van der Waals surface area contributed by atoms with Crippen LogP contribution < -0.4 is 20.9 Å². The van der Waals surface area contributed by atoms with Crippen LogP contribution in [0, 0.1) is 5.92 Å². The number of carbonyl (C=O) groups is 2. The Hall–Kier alpha value is -3.06. The summed E-state index contributed by atoms with van der Waals surface area (Å²) >= 11 is 6.04. The van der Waals surface area contributed by atoms with Crippen molar-refractivity contribution in [3.63, 3.8) is 0 Å². The molecule has 0 radical (unpaired) electrons. The van der Waals surface area contributed by atoms with E-state index in [0.717, 1.165) is 19.3 Å². The van der Waals surface area contributed by atoms with Crippen molar-refractivity contribution in [2.24, 2.45) is 22.4 Å². The van der Waals surface area contributed by atoms with Gasteiger partial charge in [0.05, 0.1) is 17.2 Å². The van der Waals surface area contributed by atoms with Crippen molar-refractivity contribution in [3.05, 3.63) is 53.1 Å². The first-order valence-corrected chi connectivity index (χ1v) is 8.72. The molecule has 0 heterocycles. The first-order chi connectivity index (χ1) is 12.9. The van der Waals surface area contributed by atoms with Gasteiger partial charge in [-0.2, -0.15) is 0 Å². The van der Waals surface area contributed by atoms with Crippen LogP contribution in [0.2, 0.25) is 5.02 Å². The number of ether oxygens (including phenoxy) is 2. The number of hydrogen-bond donors (Lipinski definition) is 2. The van der Waals surface area contributed by atoms with Gasteiger partial charge in [0, 0.05) is 11.1 Å². The third-order valence-electron chi connectivity index (χ3n) is 4.07. The molecule has 0 unspecified atom stereocenters. The number of esters is 2. The number of aliphatic imine (C=N–C) groups is 1. The highest BCUT2D eigenvalue weighted by Crippen LogP contribution is 2.31. The van der Waals surface area contributed by atoms with E-state index in [4.69, 9.17) is 32.5 Å². The predicted molar refractivity (Wildman–Crippen MR) is 101 cm³/mol. The lowest BCUT2D eigenvalue weighted by molar-refractivity contribution is -0.141. The van der Waals surface area contributed by atoms with Crippen LogP contribution in [0.25, 0.3) is 0 Å². The summed E-state index contributed by atoms with van der Waals surface area (Å²) in [5.41, 5.74) is 11.4. The molecule has 7 nitrogen and oxygen atoms in total. The van der Waals surface area contributed by atoms with E-state index in [0.29, 0.717) is 16.3 Å². The van der Waals surface area contributed by atoms with Gasteiger partial charge in [0.15, 0.2) is 5.96 Å². The summed E-state index contributed by atoms with van der Waals surface area (Å²) in [6, 6.07) is 10.7. The molecule has 0 aliphatic heterocycles. The summed E-state index contributed by atoms with van der Waals surface area (Å²) in [6.07, 6.45) is 2.69. The standard InChI is InChI=1S/C19H18ClN3O4/c20-13-8-15(26-17(24)11-2-1-3-11)10-16(9-13)27-18(25)12-4-6-14(7-5-12)23-19(21)22/h4-11H,1-3H2,(H4,21,22,23). The minimum atomic E-state index is -0.593. The van der Waals surface area contributed by atoms with Crippen LogP contribution in [-0.2, 0) is 4.79 Å². The smallest absolute Gasteiger partial charge is 0.343 e. The molecule has 1 saturated carbocycles. The second-order valence-electron chi connectivity index (χ2n) is 6.14. The molecule has 3 rings (SSSR count). The maximum Gasteiger partial charge on any atom is 0.343 e.